The number of aliphatic imine (C=N–C) groups is 1. The van der Waals surface area contributed by atoms with E-state index in [1.54, 1.807) is 7.11 Å². The van der Waals surface area contributed by atoms with E-state index in [1.807, 2.05) is 6.07 Å². The third-order valence-corrected chi connectivity index (χ3v) is 8.21. The normalized spacial score (nSPS) is 17.1. The van der Waals surface area contributed by atoms with Crippen molar-refractivity contribution in [2.45, 2.75) is 59.0 Å². The van der Waals surface area contributed by atoms with Crippen LogP contribution < -0.4 is 26.4 Å². The lowest BCUT2D eigenvalue weighted by Crippen LogP contribution is -2.48. The molecule has 2 amide bonds. The average Bonchev–Trinajstić information content (AvgIpc) is 3.54. The molecule has 2 aliphatic rings. The SMILES string of the molecule is C=c1ccn(Cc2ccc(CN3CCN(CCN4C(=O)C=CC4=O)CC3)cc2OC)/c1=C(/N=C(/N)CCC)NCCCCC. The summed E-state index contributed by atoms with van der Waals surface area (Å²) in [5.74, 6) is 1.82. The van der Waals surface area contributed by atoms with Crippen molar-refractivity contribution in [3.63, 3.8) is 0 Å². The highest BCUT2D eigenvalue weighted by Crippen LogP contribution is 2.22. The maximum Gasteiger partial charge on any atom is 0.253 e. The van der Waals surface area contributed by atoms with Gasteiger partial charge >= 0.3 is 0 Å². The molecule has 10 heteroatoms. The Morgan fingerprint density at radius 2 is 1.70 bits per heavy atom. The minimum Gasteiger partial charge on any atom is -0.496 e. The number of carbonyl (C=O) groups is 2. The van der Waals surface area contributed by atoms with E-state index in [1.165, 1.54) is 22.6 Å². The molecule has 1 aromatic heterocycles. The molecule has 3 heterocycles. The molecule has 0 bridgehead atoms. The van der Waals surface area contributed by atoms with Crippen LogP contribution in [-0.4, -0.2) is 89.8 Å². The summed E-state index contributed by atoms with van der Waals surface area (Å²) in [7, 11) is 1.72. The van der Waals surface area contributed by atoms with Gasteiger partial charge in [0.25, 0.3) is 11.8 Å². The number of nitrogens with two attached hydrogens (primary N) is 1. The van der Waals surface area contributed by atoms with Gasteiger partial charge in [0, 0.05) is 82.7 Å². The molecule has 0 aliphatic carbocycles. The van der Waals surface area contributed by atoms with Crippen LogP contribution in [-0.2, 0) is 22.7 Å². The zero-order chi connectivity index (χ0) is 31.5. The molecule has 0 atom stereocenters. The van der Waals surface area contributed by atoms with Crippen LogP contribution in [0, 0.1) is 0 Å². The number of amides is 2. The Kier molecular flexibility index (Phi) is 12.2. The van der Waals surface area contributed by atoms with E-state index >= 15 is 0 Å². The predicted molar refractivity (Wildman–Crippen MR) is 176 cm³/mol. The van der Waals surface area contributed by atoms with Crippen molar-refractivity contribution < 1.29 is 14.3 Å². The van der Waals surface area contributed by atoms with Gasteiger partial charge in [-0.25, -0.2) is 4.99 Å². The first-order chi connectivity index (χ1) is 21.3. The van der Waals surface area contributed by atoms with Crippen LogP contribution in [0.5, 0.6) is 5.75 Å². The van der Waals surface area contributed by atoms with Crippen molar-refractivity contribution in [2.75, 3.05) is 52.9 Å². The van der Waals surface area contributed by atoms with Gasteiger partial charge in [0.1, 0.15) is 11.6 Å². The molecule has 44 heavy (non-hydrogen) atoms. The average molecular weight is 604 g/mol. The quantitative estimate of drug-likeness (QED) is 0.131. The Balaban J connectivity index is 1.42. The van der Waals surface area contributed by atoms with Gasteiger partial charge in [0.15, 0.2) is 5.82 Å². The van der Waals surface area contributed by atoms with Gasteiger partial charge in [-0.1, -0.05) is 45.4 Å². The largest absolute Gasteiger partial charge is 0.496 e. The van der Waals surface area contributed by atoms with Gasteiger partial charge in [0.05, 0.1) is 19.0 Å². The van der Waals surface area contributed by atoms with Gasteiger partial charge in [-0.05, 0) is 35.8 Å². The lowest BCUT2D eigenvalue weighted by Gasteiger charge is -2.35. The summed E-state index contributed by atoms with van der Waals surface area (Å²) in [6.07, 6.45) is 9.81. The lowest BCUT2D eigenvalue weighted by molar-refractivity contribution is -0.137. The Morgan fingerprint density at radius 1 is 0.977 bits per heavy atom. The highest BCUT2D eigenvalue weighted by molar-refractivity contribution is 6.12. The van der Waals surface area contributed by atoms with Crippen molar-refractivity contribution in [3.8, 4) is 5.75 Å². The summed E-state index contributed by atoms with van der Waals surface area (Å²) in [6, 6.07) is 8.49. The summed E-state index contributed by atoms with van der Waals surface area (Å²) in [5, 5.41) is 5.39. The zero-order valence-corrected chi connectivity index (χ0v) is 26.7. The van der Waals surface area contributed by atoms with E-state index in [-0.39, 0.29) is 11.8 Å². The first kappa shape index (κ1) is 33.0. The molecule has 0 radical (unpaired) electrons. The smallest absolute Gasteiger partial charge is 0.253 e. The van der Waals surface area contributed by atoms with Crippen molar-refractivity contribution in [2.24, 2.45) is 10.7 Å². The van der Waals surface area contributed by atoms with E-state index in [0.717, 1.165) is 99.1 Å². The van der Waals surface area contributed by atoms with Crippen LogP contribution in [0.2, 0.25) is 0 Å². The summed E-state index contributed by atoms with van der Waals surface area (Å²) < 4.78 is 8.04. The van der Waals surface area contributed by atoms with Gasteiger partial charge in [-0.15, -0.1) is 0 Å². The molecule has 2 aromatic rings. The predicted octanol–water partition coefficient (Wildman–Crippen LogP) is 2.00. The van der Waals surface area contributed by atoms with Gasteiger partial charge in [0.2, 0.25) is 0 Å². The van der Waals surface area contributed by atoms with E-state index < -0.39 is 0 Å². The standard InChI is InChI=1S/C34H49N7O3/c1-5-7-8-15-36-34(37-30(35)9-6-2)33-26(3)14-16-40(33)25-28-11-10-27(23-29(28)44-4)24-39-19-17-38(18-20-39)21-22-41-31(42)12-13-32(41)43/h10-14,16,23,36H,3,5-9,15,17-22,24-25H2,1-2,4H3,(H2,35,37)/b34-33+. The molecular formula is C34H49N7O3. The fourth-order valence-corrected chi connectivity index (χ4v) is 5.68. The number of unbranched alkanes of at least 4 members (excludes halogenated alkanes) is 2. The number of nitrogens with one attached hydrogen (secondary N) is 1. The third-order valence-electron chi connectivity index (χ3n) is 8.21. The highest BCUT2D eigenvalue weighted by atomic mass is 16.5. The number of nitrogens with zero attached hydrogens (tertiary/aromatic N) is 5. The van der Waals surface area contributed by atoms with E-state index in [9.17, 15) is 9.59 Å². The van der Waals surface area contributed by atoms with Crippen LogP contribution in [0.3, 0.4) is 0 Å². The van der Waals surface area contributed by atoms with Gasteiger partial charge in [-0.3, -0.25) is 24.3 Å². The number of methoxy groups -OCH3 is 1. The molecule has 1 aromatic carbocycles. The van der Waals surface area contributed by atoms with Crippen LogP contribution in [0.1, 0.15) is 57.1 Å². The molecule has 2 aliphatic heterocycles. The zero-order valence-electron chi connectivity index (χ0n) is 26.7. The molecule has 1 saturated heterocycles. The number of amidine groups is 1. The minimum absolute atomic E-state index is 0.214. The maximum atomic E-state index is 11.8. The monoisotopic (exact) mass is 603 g/mol. The van der Waals surface area contributed by atoms with Crippen molar-refractivity contribution in [1.29, 1.82) is 0 Å². The molecule has 4 rings (SSSR count). The fourth-order valence-electron chi connectivity index (χ4n) is 5.68. The Hall–Kier alpha value is -3.89. The third kappa shape index (κ3) is 8.83. The summed E-state index contributed by atoms with van der Waals surface area (Å²) in [5.41, 5.74) is 8.55. The summed E-state index contributed by atoms with van der Waals surface area (Å²) >= 11 is 0. The molecule has 0 spiro atoms. The second-order valence-corrected chi connectivity index (χ2v) is 11.6. The molecule has 3 N–H and O–H groups in total. The number of benzene rings is 1. The maximum absolute atomic E-state index is 11.8. The van der Waals surface area contributed by atoms with Gasteiger partial charge < -0.3 is 20.4 Å². The molecule has 10 nitrogen and oxygen atoms in total. The number of imide groups is 1. The second-order valence-electron chi connectivity index (χ2n) is 11.6. The number of rotatable bonds is 16. The number of piperazine rings is 1. The van der Waals surface area contributed by atoms with Crippen LogP contribution in [0.15, 0.2) is 47.6 Å². The number of ether oxygens (including phenoxy) is 1. The van der Waals surface area contributed by atoms with Crippen molar-refractivity contribution in [3.05, 3.63) is 64.3 Å². The van der Waals surface area contributed by atoms with Crippen molar-refractivity contribution >= 4 is 30.0 Å². The first-order valence-corrected chi connectivity index (χ1v) is 15.9. The highest BCUT2D eigenvalue weighted by Gasteiger charge is 2.25. The number of carbonyl (C=O) groups excluding carboxylic acids is 2. The van der Waals surface area contributed by atoms with Crippen molar-refractivity contribution in [1.82, 2.24) is 24.6 Å². The topological polar surface area (TPSA) is 108 Å². The molecule has 0 saturated carbocycles. The molecule has 238 valence electrons. The lowest BCUT2D eigenvalue weighted by atomic mass is 10.1. The number of hydrogen-bond acceptors (Lipinski definition) is 7. The Labute approximate surface area is 261 Å². The van der Waals surface area contributed by atoms with E-state index in [2.05, 4.69) is 64.5 Å². The molecule has 0 unspecified atom stereocenters. The molecule has 1 fully saturated rings. The summed E-state index contributed by atoms with van der Waals surface area (Å²) in [4.78, 5) is 34.5. The Morgan fingerprint density at radius 3 is 2.39 bits per heavy atom. The number of hydrogen-bond donors (Lipinski definition) is 2. The fraction of sp³-hybridized carbons (Fsp3) is 0.500. The second kappa shape index (κ2) is 16.3. The van der Waals surface area contributed by atoms with Crippen LogP contribution in [0.25, 0.3) is 12.4 Å². The van der Waals surface area contributed by atoms with Gasteiger partial charge in [-0.2, -0.15) is 0 Å². The summed E-state index contributed by atoms with van der Waals surface area (Å²) in [6.45, 7) is 15.7. The van der Waals surface area contributed by atoms with E-state index in [0.29, 0.717) is 25.5 Å². The minimum atomic E-state index is -0.214. The molecular weight excluding hydrogens is 554 g/mol. The van der Waals surface area contributed by atoms with Crippen LogP contribution in [0.4, 0.5) is 0 Å². The van der Waals surface area contributed by atoms with Crippen LogP contribution >= 0.6 is 0 Å². The first-order valence-electron chi connectivity index (χ1n) is 15.9. The Bertz CT molecular complexity index is 1440. The van der Waals surface area contributed by atoms with E-state index in [4.69, 9.17) is 15.5 Å². The number of aromatic nitrogens is 1.